The van der Waals surface area contributed by atoms with Crippen LogP contribution in [0, 0.1) is 0 Å². The number of aromatic nitrogens is 1. The van der Waals surface area contributed by atoms with Crippen LogP contribution in [0.2, 0.25) is 0 Å². The average Bonchev–Trinajstić information content (AvgIpc) is 2.81. The Kier molecular flexibility index (Phi) is 4.88. The lowest BCUT2D eigenvalue weighted by Gasteiger charge is -2.30. The van der Waals surface area contributed by atoms with E-state index in [9.17, 15) is 0 Å². The summed E-state index contributed by atoms with van der Waals surface area (Å²) in [6.07, 6.45) is 3.60. The molecule has 0 spiro atoms. The summed E-state index contributed by atoms with van der Waals surface area (Å²) in [6, 6.07) is 0. The van der Waals surface area contributed by atoms with Crippen LogP contribution in [0.15, 0.2) is 5.38 Å². The first-order valence-corrected chi connectivity index (χ1v) is 8.67. The van der Waals surface area contributed by atoms with Gasteiger partial charge in [0.05, 0.1) is 11.2 Å². The van der Waals surface area contributed by atoms with Gasteiger partial charge in [-0.15, -0.1) is 11.3 Å². The predicted molar refractivity (Wildman–Crippen MR) is 87.5 cm³/mol. The standard InChI is InChI=1S/C16H29N3S/c1-6-19-10-7-8-16(17-5,9-11-19)14-18-13(12-20-14)15(2,3)4/h12,17H,6-11H2,1-5H3. The molecule has 0 saturated carbocycles. The van der Waals surface area contributed by atoms with Gasteiger partial charge in [-0.3, -0.25) is 0 Å². The Hall–Kier alpha value is -0.450. The van der Waals surface area contributed by atoms with Crippen molar-refractivity contribution < 1.29 is 0 Å². The van der Waals surface area contributed by atoms with Gasteiger partial charge in [-0.1, -0.05) is 27.7 Å². The molecule has 20 heavy (non-hydrogen) atoms. The number of thiazole rings is 1. The Morgan fingerprint density at radius 2 is 2.10 bits per heavy atom. The molecule has 1 N–H and O–H groups in total. The van der Waals surface area contributed by atoms with E-state index in [2.05, 4.69) is 50.3 Å². The summed E-state index contributed by atoms with van der Waals surface area (Å²) in [6.45, 7) is 12.5. The maximum absolute atomic E-state index is 4.98. The smallest absolute Gasteiger partial charge is 0.113 e. The summed E-state index contributed by atoms with van der Waals surface area (Å²) in [7, 11) is 2.10. The molecule has 2 heterocycles. The molecule has 0 bridgehead atoms. The van der Waals surface area contributed by atoms with Crippen LogP contribution in [0.5, 0.6) is 0 Å². The molecule has 1 aliphatic heterocycles. The van der Waals surface area contributed by atoms with E-state index in [4.69, 9.17) is 4.98 Å². The largest absolute Gasteiger partial charge is 0.308 e. The van der Waals surface area contributed by atoms with Crippen LogP contribution in [0.4, 0.5) is 0 Å². The van der Waals surface area contributed by atoms with E-state index < -0.39 is 0 Å². The van der Waals surface area contributed by atoms with E-state index in [-0.39, 0.29) is 11.0 Å². The van der Waals surface area contributed by atoms with E-state index in [1.807, 2.05) is 11.3 Å². The summed E-state index contributed by atoms with van der Waals surface area (Å²) in [5, 5.41) is 7.13. The van der Waals surface area contributed by atoms with E-state index >= 15 is 0 Å². The lowest BCUT2D eigenvalue weighted by molar-refractivity contribution is 0.273. The van der Waals surface area contributed by atoms with Crippen LogP contribution in [0.25, 0.3) is 0 Å². The van der Waals surface area contributed by atoms with E-state index in [0.29, 0.717) is 0 Å². The third-order valence-electron chi connectivity index (χ3n) is 4.54. The van der Waals surface area contributed by atoms with Crippen LogP contribution >= 0.6 is 11.3 Å². The molecule has 1 fully saturated rings. The van der Waals surface area contributed by atoms with E-state index in [1.165, 1.54) is 36.6 Å². The summed E-state index contributed by atoms with van der Waals surface area (Å²) in [4.78, 5) is 7.53. The summed E-state index contributed by atoms with van der Waals surface area (Å²) < 4.78 is 0. The van der Waals surface area contributed by atoms with Gasteiger partial charge in [0, 0.05) is 17.3 Å². The van der Waals surface area contributed by atoms with Crippen molar-refractivity contribution in [3.63, 3.8) is 0 Å². The van der Waals surface area contributed by atoms with Gasteiger partial charge in [0.2, 0.25) is 0 Å². The first kappa shape index (κ1) is 15.9. The highest BCUT2D eigenvalue weighted by Gasteiger charge is 2.36. The Morgan fingerprint density at radius 1 is 1.35 bits per heavy atom. The Morgan fingerprint density at radius 3 is 2.65 bits per heavy atom. The zero-order valence-electron chi connectivity index (χ0n) is 13.6. The second-order valence-corrected chi connectivity index (χ2v) is 7.77. The second-order valence-electron chi connectivity index (χ2n) is 6.91. The number of hydrogen-bond donors (Lipinski definition) is 1. The first-order valence-electron chi connectivity index (χ1n) is 7.79. The van der Waals surface area contributed by atoms with Crippen molar-refractivity contribution in [3.05, 3.63) is 16.1 Å². The molecule has 1 aromatic rings. The molecule has 0 radical (unpaired) electrons. The van der Waals surface area contributed by atoms with E-state index in [1.54, 1.807) is 0 Å². The van der Waals surface area contributed by atoms with Crippen LogP contribution < -0.4 is 5.32 Å². The van der Waals surface area contributed by atoms with Gasteiger partial charge < -0.3 is 10.2 Å². The zero-order chi connectivity index (χ0) is 14.8. The maximum atomic E-state index is 4.98. The van der Waals surface area contributed by atoms with Crippen LogP contribution in [0.1, 0.15) is 57.7 Å². The Labute approximate surface area is 127 Å². The first-order chi connectivity index (χ1) is 9.41. The van der Waals surface area contributed by atoms with Gasteiger partial charge >= 0.3 is 0 Å². The molecule has 0 aliphatic carbocycles. The monoisotopic (exact) mass is 295 g/mol. The van der Waals surface area contributed by atoms with Crippen LogP contribution in [-0.2, 0) is 11.0 Å². The van der Waals surface area contributed by atoms with Gasteiger partial charge in [0.25, 0.3) is 0 Å². The summed E-state index contributed by atoms with van der Waals surface area (Å²) >= 11 is 1.83. The average molecular weight is 295 g/mol. The van der Waals surface area contributed by atoms with Crippen LogP contribution in [0.3, 0.4) is 0 Å². The maximum Gasteiger partial charge on any atom is 0.113 e. The molecule has 1 atom stereocenters. The summed E-state index contributed by atoms with van der Waals surface area (Å²) in [5.41, 5.74) is 1.45. The fourth-order valence-corrected chi connectivity index (χ4v) is 4.23. The normalized spacial score (nSPS) is 25.6. The van der Waals surface area contributed by atoms with Gasteiger partial charge in [0.15, 0.2) is 0 Å². The lowest BCUT2D eigenvalue weighted by atomic mass is 9.90. The molecule has 114 valence electrons. The molecule has 1 saturated heterocycles. The van der Waals surface area contributed by atoms with Crippen molar-refractivity contribution in [2.24, 2.45) is 0 Å². The molecule has 0 aromatic carbocycles. The molecule has 1 aromatic heterocycles. The minimum absolute atomic E-state index is 0.0814. The molecule has 0 amide bonds. The Balaban J connectivity index is 2.24. The molecule has 3 nitrogen and oxygen atoms in total. The van der Waals surface area contributed by atoms with Crippen molar-refractivity contribution in [3.8, 4) is 0 Å². The lowest BCUT2D eigenvalue weighted by Crippen LogP contribution is -2.41. The van der Waals surface area contributed by atoms with Crippen LogP contribution in [-0.4, -0.2) is 36.6 Å². The van der Waals surface area contributed by atoms with Gasteiger partial charge in [-0.05, 0) is 39.4 Å². The topological polar surface area (TPSA) is 28.2 Å². The highest BCUT2D eigenvalue weighted by Crippen LogP contribution is 2.36. The minimum Gasteiger partial charge on any atom is -0.308 e. The zero-order valence-corrected chi connectivity index (χ0v) is 14.4. The van der Waals surface area contributed by atoms with Crippen molar-refractivity contribution in [1.29, 1.82) is 0 Å². The third-order valence-corrected chi connectivity index (χ3v) is 5.59. The van der Waals surface area contributed by atoms with Gasteiger partial charge in [0.1, 0.15) is 5.01 Å². The number of likely N-dealkylation sites (tertiary alicyclic amines) is 1. The molecule has 2 rings (SSSR count). The number of nitrogens with zero attached hydrogens (tertiary/aromatic N) is 2. The van der Waals surface area contributed by atoms with Gasteiger partial charge in [-0.2, -0.15) is 0 Å². The van der Waals surface area contributed by atoms with Crippen molar-refractivity contribution >= 4 is 11.3 Å². The second kappa shape index (κ2) is 6.12. The molecular weight excluding hydrogens is 266 g/mol. The Bertz CT molecular complexity index is 435. The molecule has 1 aliphatic rings. The quantitative estimate of drug-likeness (QED) is 0.927. The molecule has 1 unspecified atom stereocenters. The SMILES string of the molecule is CCN1CCCC(NC)(c2nc(C(C)(C)C)cs2)CC1. The third kappa shape index (κ3) is 3.23. The fraction of sp³-hybridized carbons (Fsp3) is 0.812. The molecular formula is C16H29N3S. The fourth-order valence-electron chi connectivity index (χ4n) is 2.92. The number of hydrogen-bond acceptors (Lipinski definition) is 4. The van der Waals surface area contributed by atoms with Crippen molar-refractivity contribution in [2.75, 3.05) is 26.7 Å². The van der Waals surface area contributed by atoms with Crippen molar-refractivity contribution in [2.45, 2.75) is 57.9 Å². The molecule has 4 heteroatoms. The van der Waals surface area contributed by atoms with Crippen molar-refractivity contribution in [1.82, 2.24) is 15.2 Å². The van der Waals surface area contributed by atoms with Gasteiger partial charge in [-0.25, -0.2) is 4.98 Å². The highest BCUT2D eigenvalue weighted by atomic mass is 32.1. The predicted octanol–water partition coefficient (Wildman–Crippen LogP) is 3.36. The number of nitrogens with one attached hydrogen (secondary N) is 1. The van der Waals surface area contributed by atoms with E-state index in [0.717, 1.165) is 13.0 Å². The number of rotatable bonds is 3. The summed E-state index contributed by atoms with van der Waals surface area (Å²) in [5.74, 6) is 0. The highest BCUT2D eigenvalue weighted by molar-refractivity contribution is 7.09. The minimum atomic E-state index is 0.0814.